The first kappa shape index (κ1) is 14.5. The van der Waals surface area contributed by atoms with Crippen LogP contribution >= 0.6 is 0 Å². The minimum Gasteiger partial charge on any atom is -0.298 e. The Labute approximate surface area is 120 Å². The fourth-order valence-corrected chi connectivity index (χ4v) is 2.65. The molecule has 1 aromatic carbocycles. The highest BCUT2D eigenvalue weighted by Gasteiger charge is 2.17. The molecule has 1 atom stereocenters. The molecule has 0 spiro atoms. The lowest BCUT2D eigenvalue weighted by molar-refractivity contribution is 0.112. The monoisotopic (exact) mass is 270 g/mol. The van der Waals surface area contributed by atoms with E-state index in [1.165, 1.54) is 16.7 Å². The Morgan fingerprint density at radius 2 is 1.85 bits per heavy atom. The highest BCUT2D eigenvalue weighted by molar-refractivity contribution is 5.87. The third-order valence-electron chi connectivity index (χ3n) is 3.84. The number of hydrogen-bond acceptors (Lipinski definition) is 2. The third kappa shape index (κ3) is 2.53. The summed E-state index contributed by atoms with van der Waals surface area (Å²) in [4.78, 5) is 11.4. The van der Waals surface area contributed by atoms with Gasteiger partial charge in [0.05, 0.1) is 5.56 Å². The van der Waals surface area contributed by atoms with Gasteiger partial charge in [0.25, 0.3) is 0 Å². The average Bonchev–Trinajstić information content (AvgIpc) is 2.80. The molecule has 2 aromatic rings. The number of aryl methyl sites for hydroxylation is 3. The maximum absolute atomic E-state index is 11.4. The lowest BCUT2D eigenvalue weighted by atomic mass is 9.96. The molecule has 1 aromatic heterocycles. The SMILES string of the molecule is CCC(C)n1cc(C=O)c(-c2c(C)cc(C)cc2C)n1. The average molecular weight is 270 g/mol. The molecule has 2 rings (SSSR count). The van der Waals surface area contributed by atoms with Crippen LogP contribution in [0.4, 0.5) is 0 Å². The van der Waals surface area contributed by atoms with Crippen molar-refractivity contribution in [2.75, 3.05) is 0 Å². The van der Waals surface area contributed by atoms with Gasteiger partial charge in [0.1, 0.15) is 5.69 Å². The predicted molar refractivity (Wildman–Crippen MR) is 82.3 cm³/mol. The van der Waals surface area contributed by atoms with Gasteiger partial charge >= 0.3 is 0 Å². The minimum absolute atomic E-state index is 0.300. The van der Waals surface area contributed by atoms with Gasteiger partial charge in [-0.15, -0.1) is 0 Å². The van der Waals surface area contributed by atoms with Gasteiger partial charge in [-0.3, -0.25) is 9.48 Å². The van der Waals surface area contributed by atoms with E-state index in [0.29, 0.717) is 11.6 Å². The van der Waals surface area contributed by atoms with Crippen LogP contribution in [0.3, 0.4) is 0 Å². The molecule has 0 saturated carbocycles. The molecule has 0 saturated heterocycles. The van der Waals surface area contributed by atoms with Crippen LogP contribution in [0.15, 0.2) is 18.3 Å². The molecule has 0 bridgehead atoms. The topological polar surface area (TPSA) is 34.9 Å². The van der Waals surface area contributed by atoms with E-state index in [9.17, 15) is 4.79 Å². The molecule has 0 amide bonds. The summed E-state index contributed by atoms with van der Waals surface area (Å²) in [6, 6.07) is 4.58. The normalized spacial score (nSPS) is 12.4. The zero-order valence-corrected chi connectivity index (χ0v) is 12.9. The number of carbonyl (C=O) groups excluding carboxylic acids is 1. The number of aromatic nitrogens is 2. The standard InChI is InChI=1S/C17H22N2O/c1-6-14(5)19-9-15(10-20)17(18-19)16-12(3)7-11(2)8-13(16)4/h7-10,14H,6H2,1-5H3. The van der Waals surface area contributed by atoms with Gasteiger partial charge in [-0.25, -0.2) is 0 Å². The third-order valence-corrected chi connectivity index (χ3v) is 3.84. The fourth-order valence-electron chi connectivity index (χ4n) is 2.65. The first-order chi connectivity index (χ1) is 9.47. The van der Waals surface area contributed by atoms with Gasteiger partial charge in [-0.1, -0.05) is 24.6 Å². The Kier molecular flexibility index (Phi) is 4.07. The van der Waals surface area contributed by atoms with Crippen molar-refractivity contribution in [2.24, 2.45) is 0 Å². The van der Waals surface area contributed by atoms with Crippen LogP contribution < -0.4 is 0 Å². The van der Waals surface area contributed by atoms with E-state index >= 15 is 0 Å². The van der Waals surface area contributed by atoms with Crippen LogP contribution in [0, 0.1) is 20.8 Å². The largest absolute Gasteiger partial charge is 0.298 e. The van der Waals surface area contributed by atoms with Crippen molar-refractivity contribution in [3.05, 3.63) is 40.6 Å². The number of rotatable bonds is 4. The Hall–Kier alpha value is -1.90. The van der Waals surface area contributed by atoms with Crippen molar-refractivity contribution in [1.29, 1.82) is 0 Å². The highest BCUT2D eigenvalue weighted by atomic mass is 16.1. The van der Waals surface area contributed by atoms with Gasteiger partial charge in [0.15, 0.2) is 6.29 Å². The van der Waals surface area contributed by atoms with E-state index in [1.807, 2.05) is 10.9 Å². The Bertz CT molecular complexity index is 617. The number of hydrogen-bond donors (Lipinski definition) is 0. The van der Waals surface area contributed by atoms with E-state index in [0.717, 1.165) is 24.0 Å². The van der Waals surface area contributed by atoms with Crippen molar-refractivity contribution in [1.82, 2.24) is 9.78 Å². The number of benzene rings is 1. The fraction of sp³-hybridized carbons (Fsp3) is 0.412. The van der Waals surface area contributed by atoms with E-state index in [2.05, 4.69) is 51.9 Å². The van der Waals surface area contributed by atoms with E-state index in [1.54, 1.807) is 0 Å². The second-order valence-corrected chi connectivity index (χ2v) is 5.56. The zero-order valence-electron chi connectivity index (χ0n) is 12.9. The molecule has 0 N–H and O–H groups in total. The van der Waals surface area contributed by atoms with Gasteiger partial charge in [0.2, 0.25) is 0 Å². The van der Waals surface area contributed by atoms with Gasteiger partial charge in [-0.05, 0) is 45.2 Å². The lowest BCUT2D eigenvalue weighted by Gasteiger charge is -2.11. The number of nitrogens with zero attached hydrogens (tertiary/aromatic N) is 2. The van der Waals surface area contributed by atoms with Crippen molar-refractivity contribution < 1.29 is 4.79 Å². The molecule has 3 nitrogen and oxygen atoms in total. The van der Waals surface area contributed by atoms with Crippen molar-refractivity contribution in [3.63, 3.8) is 0 Å². The molecule has 20 heavy (non-hydrogen) atoms. The maximum Gasteiger partial charge on any atom is 0.153 e. The summed E-state index contributed by atoms with van der Waals surface area (Å²) < 4.78 is 1.90. The first-order valence-electron chi connectivity index (χ1n) is 7.10. The van der Waals surface area contributed by atoms with E-state index in [-0.39, 0.29) is 0 Å². The molecule has 0 radical (unpaired) electrons. The summed E-state index contributed by atoms with van der Waals surface area (Å²) >= 11 is 0. The van der Waals surface area contributed by atoms with Crippen LogP contribution in [0.2, 0.25) is 0 Å². The molecule has 0 aliphatic heterocycles. The predicted octanol–water partition coefficient (Wildman–Crippen LogP) is 4.26. The van der Waals surface area contributed by atoms with Crippen molar-refractivity contribution in [3.8, 4) is 11.3 Å². The zero-order chi connectivity index (χ0) is 14.9. The Morgan fingerprint density at radius 3 is 2.35 bits per heavy atom. The van der Waals surface area contributed by atoms with Gasteiger partial charge in [0, 0.05) is 17.8 Å². The summed E-state index contributed by atoms with van der Waals surface area (Å²) in [6.45, 7) is 10.5. The summed E-state index contributed by atoms with van der Waals surface area (Å²) in [5, 5.41) is 4.66. The molecule has 106 valence electrons. The summed E-state index contributed by atoms with van der Waals surface area (Å²) in [5.41, 5.74) is 6.12. The van der Waals surface area contributed by atoms with Crippen LogP contribution in [0.25, 0.3) is 11.3 Å². The molecule has 0 fully saturated rings. The van der Waals surface area contributed by atoms with Crippen LogP contribution in [0.1, 0.15) is 53.4 Å². The maximum atomic E-state index is 11.4. The molecule has 3 heteroatoms. The second kappa shape index (κ2) is 5.61. The number of aldehydes is 1. The van der Waals surface area contributed by atoms with Gasteiger partial charge < -0.3 is 0 Å². The van der Waals surface area contributed by atoms with Crippen molar-refractivity contribution >= 4 is 6.29 Å². The highest BCUT2D eigenvalue weighted by Crippen LogP contribution is 2.30. The Morgan fingerprint density at radius 1 is 1.25 bits per heavy atom. The smallest absolute Gasteiger partial charge is 0.153 e. The minimum atomic E-state index is 0.300. The molecular formula is C17H22N2O. The molecule has 0 aliphatic carbocycles. The molecule has 1 unspecified atom stereocenters. The summed E-state index contributed by atoms with van der Waals surface area (Å²) in [6.07, 6.45) is 3.75. The molecular weight excluding hydrogens is 248 g/mol. The lowest BCUT2D eigenvalue weighted by Crippen LogP contribution is -2.04. The summed E-state index contributed by atoms with van der Waals surface area (Å²) in [5.74, 6) is 0. The molecule has 1 heterocycles. The van der Waals surface area contributed by atoms with Gasteiger partial charge in [-0.2, -0.15) is 5.10 Å². The second-order valence-electron chi connectivity index (χ2n) is 5.56. The summed E-state index contributed by atoms with van der Waals surface area (Å²) in [7, 11) is 0. The van der Waals surface area contributed by atoms with Crippen LogP contribution in [-0.2, 0) is 0 Å². The van der Waals surface area contributed by atoms with Crippen LogP contribution in [-0.4, -0.2) is 16.1 Å². The number of carbonyl (C=O) groups is 1. The van der Waals surface area contributed by atoms with Crippen LogP contribution in [0.5, 0.6) is 0 Å². The Balaban J connectivity index is 2.63. The van der Waals surface area contributed by atoms with E-state index < -0.39 is 0 Å². The first-order valence-corrected chi connectivity index (χ1v) is 7.10. The quantitative estimate of drug-likeness (QED) is 0.778. The molecule has 0 aliphatic rings. The van der Waals surface area contributed by atoms with E-state index in [4.69, 9.17) is 0 Å². The van der Waals surface area contributed by atoms with Crippen molar-refractivity contribution in [2.45, 2.75) is 47.1 Å².